The number of nitrogens with one attached hydrogen (secondary N) is 1. The van der Waals surface area contributed by atoms with E-state index in [1.54, 1.807) is 0 Å². The minimum absolute atomic E-state index is 0.486. The molecule has 0 spiro atoms. The van der Waals surface area contributed by atoms with E-state index in [0.29, 0.717) is 0 Å². The summed E-state index contributed by atoms with van der Waals surface area (Å²) in [6.45, 7) is 0. The van der Waals surface area contributed by atoms with Gasteiger partial charge in [0, 0.05) is 0 Å². The Morgan fingerprint density at radius 1 is 0.421 bits per heavy atom. The molecular formula is C6H3F12N. The van der Waals surface area contributed by atoms with Crippen LogP contribution in [0.25, 0.3) is 0 Å². The number of rotatable bonds is 2. The first kappa shape index (κ1) is 18.1. The molecular weight excluding hydrogens is 314 g/mol. The standard InChI is InChI=1S/C6H3F12N/c7-3(8,9)1(4(10,11)12)19-2(5(13,14)15)6(16,17)18/h1-2,19H. The summed E-state index contributed by atoms with van der Waals surface area (Å²) in [6, 6.07) is -9.90. The van der Waals surface area contributed by atoms with E-state index in [0.717, 1.165) is 0 Å². The van der Waals surface area contributed by atoms with Crippen molar-refractivity contribution >= 4 is 0 Å². The zero-order chi connectivity index (χ0) is 15.9. The highest BCUT2D eigenvalue weighted by Gasteiger charge is 2.64. The molecule has 0 aliphatic heterocycles. The van der Waals surface area contributed by atoms with Crippen molar-refractivity contribution in [2.75, 3.05) is 0 Å². The monoisotopic (exact) mass is 317 g/mol. The van der Waals surface area contributed by atoms with Crippen LogP contribution in [0.5, 0.6) is 0 Å². The van der Waals surface area contributed by atoms with Crippen LogP contribution in [0.4, 0.5) is 52.7 Å². The molecule has 1 N–H and O–H groups in total. The van der Waals surface area contributed by atoms with Gasteiger partial charge in [-0.3, -0.25) is 5.32 Å². The van der Waals surface area contributed by atoms with Crippen molar-refractivity contribution in [2.24, 2.45) is 0 Å². The van der Waals surface area contributed by atoms with Crippen LogP contribution in [0.3, 0.4) is 0 Å². The summed E-state index contributed by atoms with van der Waals surface area (Å²) >= 11 is 0. The summed E-state index contributed by atoms with van der Waals surface area (Å²) in [5.74, 6) is 0. The highest BCUT2D eigenvalue weighted by molar-refractivity contribution is 4.92. The molecule has 0 amide bonds. The van der Waals surface area contributed by atoms with Gasteiger partial charge in [0.2, 0.25) is 12.1 Å². The molecule has 13 heteroatoms. The number of hydrogen-bond donors (Lipinski definition) is 1. The van der Waals surface area contributed by atoms with Gasteiger partial charge in [-0.05, 0) is 0 Å². The van der Waals surface area contributed by atoms with Crippen molar-refractivity contribution in [3.05, 3.63) is 0 Å². The van der Waals surface area contributed by atoms with Gasteiger partial charge in [-0.1, -0.05) is 0 Å². The summed E-state index contributed by atoms with van der Waals surface area (Å²) in [5.41, 5.74) is 0. The molecule has 0 aromatic carbocycles. The third kappa shape index (κ3) is 5.32. The first-order valence-corrected chi connectivity index (χ1v) is 4.00. The highest BCUT2D eigenvalue weighted by atomic mass is 19.4. The Bertz CT molecular complexity index is 233. The lowest BCUT2D eigenvalue weighted by atomic mass is 10.2. The minimum atomic E-state index is -6.37. The average Bonchev–Trinajstić information content (AvgIpc) is 1.91. The Labute approximate surface area is 96.1 Å². The van der Waals surface area contributed by atoms with Gasteiger partial charge in [0.05, 0.1) is 0 Å². The largest absolute Gasteiger partial charge is 0.412 e. The second-order valence-electron chi connectivity index (χ2n) is 3.20. The number of halogens is 12. The molecule has 0 aliphatic carbocycles. The fraction of sp³-hybridized carbons (Fsp3) is 1.00. The van der Waals surface area contributed by atoms with Crippen molar-refractivity contribution in [1.29, 1.82) is 0 Å². The van der Waals surface area contributed by atoms with Gasteiger partial charge in [0.25, 0.3) is 0 Å². The second kappa shape index (κ2) is 4.90. The molecule has 0 saturated carbocycles. The molecule has 0 bridgehead atoms. The summed E-state index contributed by atoms with van der Waals surface area (Å²) in [6.07, 6.45) is -25.5. The predicted octanol–water partition coefficient (Wildman–Crippen LogP) is 3.56. The number of alkyl halides is 12. The van der Waals surface area contributed by atoms with Crippen LogP contribution in [0.1, 0.15) is 0 Å². The molecule has 0 atom stereocenters. The fourth-order valence-corrected chi connectivity index (χ4v) is 0.916. The van der Waals surface area contributed by atoms with Gasteiger partial charge < -0.3 is 0 Å². The Balaban J connectivity index is 5.43. The van der Waals surface area contributed by atoms with Crippen LogP contribution in [0, 0.1) is 0 Å². The normalized spacial score (nSPS) is 15.5. The van der Waals surface area contributed by atoms with Crippen LogP contribution in [0.15, 0.2) is 0 Å². The van der Waals surface area contributed by atoms with Crippen molar-refractivity contribution in [1.82, 2.24) is 5.32 Å². The Morgan fingerprint density at radius 2 is 0.579 bits per heavy atom. The molecule has 0 heterocycles. The Morgan fingerprint density at radius 3 is 0.684 bits per heavy atom. The molecule has 0 aliphatic rings. The van der Waals surface area contributed by atoms with Crippen LogP contribution in [-0.2, 0) is 0 Å². The summed E-state index contributed by atoms with van der Waals surface area (Å²) in [4.78, 5) is 0. The van der Waals surface area contributed by atoms with Gasteiger partial charge >= 0.3 is 24.7 Å². The lowest BCUT2D eigenvalue weighted by molar-refractivity contribution is -0.296. The maximum Gasteiger partial charge on any atom is 0.412 e. The van der Waals surface area contributed by atoms with E-state index in [1.165, 1.54) is 0 Å². The molecule has 0 aromatic rings. The molecule has 0 aromatic heterocycles. The predicted molar refractivity (Wildman–Crippen MR) is 34.9 cm³/mol. The first-order chi connectivity index (χ1) is 7.97. The van der Waals surface area contributed by atoms with E-state index in [4.69, 9.17) is 0 Å². The average molecular weight is 317 g/mol. The van der Waals surface area contributed by atoms with Crippen molar-refractivity contribution < 1.29 is 52.7 Å². The lowest BCUT2D eigenvalue weighted by Crippen LogP contribution is -2.63. The van der Waals surface area contributed by atoms with E-state index in [9.17, 15) is 52.7 Å². The summed E-state index contributed by atoms with van der Waals surface area (Å²) in [7, 11) is 0. The maximum atomic E-state index is 11.8. The zero-order valence-corrected chi connectivity index (χ0v) is 8.19. The van der Waals surface area contributed by atoms with E-state index in [1.807, 2.05) is 0 Å². The van der Waals surface area contributed by atoms with Gasteiger partial charge in [-0.25, -0.2) is 0 Å². The van der Waals surface area contributed by atoms with Gasteiger partial charge in [0.1, 0.15) is 0 Å². The molecule has 116 valence electrons. The first-order valence-electron chi connectivity index (χ1n) is 4.00. The smallest absolute Gasteiger partial charge is 0.280 e. The van der Waals surface area contributed by atoms with Crippen LogP contribution in [0.2, 0.25) is 0 Å². The van der Waals surface area contributed by atoms with Gasteiger partial charge in [-0.15, -0.1) is 0 Å². The lowest BCUT2D eigenvalue weighted by Gasteiger charge is -2.30. The van der Waals surface area contributed by atoms with Crippen molar-refractivity contribution in [3.63, 3.8) is 0 Å². The van der Waals surface area contributed by atoms with Gasteiger partial charge in [0.15, 0.2) is 0 Å². The topological polar surface area (TPSA) is 12.0 Å². The molecule has 0 fully saturated rings. The molecule has 1 nitrogen and oxygen atoms in total. The Hall–Kier alpha value is -0.880. The van der Waals surface area contributed by atoms with Crippen molar-refractivity contribution in [2.45, 2.75) is 36.8 Å². The summed E-state index contributed by atoms with van der Waals surface area (Å²) in [5, 5.41) is -0.486. The van der Waals surface area contributed by atoms with E-state index < -0.39 is 42.1 Å². The third-order valence-corrected chi connectivity index (χ3v) is 1.64. The third-order valence-electron chi connectivity index (χ3n) is 1.64. The highest BCUT2D eigenvalue weighted by Crippen LogP contribution is 2.38. The SMILES string of the molecule is FC(F)(F)C(NC(C(F)(F)F)C(F)(F)F)C(F)(F)F. The van der Waals surface area contributed by atoms with Crippen LogP contribution in [-0.4, -0.2) is 36.8 Å². The molecule has 0 saturated heterocycles. The quantitative estimate of drug-likeness (QED) is 0.768. The summed E-state index contributed by atoms with van der Waals surface area (Å²) < 4.78 is 142. The minimum Gasteiger partial charge on any atom is -0.280 e. The second-order valence-corrected chi connectivity index (χ2v) is 3.20. The molecule has 0 unspecified atom stereocenters. The Kier molecular flexibility index (Phi) is 4.68. The molecule has 0 rings (SSSR count). The fourth-order valence-electron chi connectivity index (χ4n) is 0.916. The van der Waals surface area contributed by atoms with Gasteiger partial charge in [-0.2, -0.15) is 52.7 Å². The molecule has 0 radical (unpaired) electrons. The molecule has 19 heavy (non-hydrogen) atoms. The van der Waals surface area contributed by atoms with Crippen molar-refractivity contribution in [3.8, 4) is 0 Å². The van der Waals surface area contributed by atoms with Crippen LogP contribution < -0.4 is 5.32 Å². The zero-order valence-electron chi connectivity index (χ0n) is 8.19. The van der Waals surface area contributed by atoms with Crippen LogP contribution >= 0.6 is 0 Å². The number of hydrogen-bond acceptors (Lipinski definition) is 1. The van der Waals surface area contributed by atoms with E-state index in [2.05, 4.69) is 0 Å². The van der Waals surface area contributed by atoms with E-state index >= 15 is 0 Å². The van der Waals surface area contributed by atoms with E-state index in [-0.39, 0.29) is 0 Å². The maximum absolute atomic E-state index is 11.8.